The average Bonchev–Trinajstić information content (AvgIpc) is 2.76. The second-order valence-electron chi connectivity index (χ2n) is 8.16. The molecule has 1 amide bonds. The Labute approximate surface area is 188 Å². The predicted molar refractivity (Wildman–Crippen MR) is 124 cm³/mol. The third-order valence-electron chi connectivity index (χ3n) is 5.81. The Hall–Kier alpha value is -2.69. The average molecular weight is 437 g/mol. The summed E-state index contributed by atoms with van der Waals surface area (Å²) < 4.78 is 13.5. The van der Waals surface area contributed by atoms with Gasteiger partial charge < -0.3 is 4.90 Å². The third-order valence-corrected chi connectivity index (χ3v) is 6.04. The van der Waals surface area contributed by atoms with Gasteiger partial charge in [-0.15, -0.1) is 0 Å². The standard InChI is InChI=1S/C26H26ClFN2O/c1-19-4-2-5-20(16-19)18-29-14-12-25(13-15-29)30(24-10-8-23(28)9-11-24)26(31)21-6-3-7-22(27)17-21/h2-11,16-17,25H,12-15,18H2,1H3. The van der Waals surface area contributed by atoms with Crippen LogP contribution in [0.25, 0.3) is 0 Å². The van der Waals surface area contributed by atoms with Crippen molar-refractivity contribution in [2.24, 2.45) is 0 Å². The van der Waals surface area contributed by atoms with Crippen LogP contribution in [0.3, 0.4) is 0 Å². The fourth-order valence-electron chi connectivity index (χ4n) is 4.26. The summed E-state index contributed by atoms with van der Waals surface area (Å²) in [5, 5.41) is 0.526. The molecule has 0 saturated carbocycles. The molecule has 0 bridgehead atoms. The molecule has 1 aliphatic rings. The van der Waals surface area contributed by atoms with Crippen molar-refractivity contribution in [2.45, 2.75) is 32.4 Å². The molecule has 3 aromatic carbocycles. The molecule has 0 atom stereocenters. The number of halogens is 2. The van der Waals surface area contributed by atoms with Gasteiger partial charge in [0.1, 0.15) is 5.82 Å². The lowest BCUT2D eigenvalue weighted by Gasteiger charge is -2.38. The molecule has 0 unspecified atom stereocenters. The van der Waals surface area contributed by atoms with E-state index in [0.717, 1.165) is 32.5 Å². The monoisotopic (exact) mass is 436 g/mol. The molecule has 31 heavy (non-hydrogen) atoms. The fraction of sp³-hybridized carbons (Fsp3) is 0.269. The van der Waals surface area contributed by atoms with Crippen molar-refractivity contribution in [3.05, 3.63) is 100 Å². The minimum Gasteiger partial charge on any atom is -0.305 e. The molecule has 0 aromatic heterocycles. The van der Waals surface area contributed by atoms with Crippen LogP contribution >= 0.6 is 11.6 Å². The SMILES string of the molecule is Cc1cccc(CN2CCC(N(C(=O)c3cccc(Cl)c3)c3ccc(F)cc3)CC2)c1. The lowest BCUT2D eigenvalue weighted by Crippen LogP contribution is -2.47. The van der Waals surface area contributed by atoms with Crippen LogP contribution < -0.4 is 4.90 Å². The number of benzene rings is 3. The summed E-state index contributed by atoms with van der Waals surface area (Å²) in [6, 6.07) is 21.8. The van der Waals surface area contributed by atoms with Gasteiger partial charge in [-0.1, -0.05) is 47.5 Å². The summed E-state index contributed by atoms with van der Waals surface area (Å²) in [5.74, 6) is -0.418. The third kappa shape index (κ3) is 5.33. The van der Waals surface area contributed by atoms with Crippen molar-refractivity contribution in [1.29, 1.82) is 0 Å². The van der Waals surface area contributed by atoms with E-state index >= 15 is 0 Å². The molecule has 1 saturated heterocycles. The van der Waals surface area contributed by atoms with Crippen LogP contribution in [-0.2, 0) is 6.54 Å². The van der Waals surface area contributed by atoms with E-state index < -0.39 is 0 Å². The highest BCUT2D eigenvalue weighted by atomic mass is 35.5. The van der Waals surface area contributed by atoms with E-state index in [1.54, 1.807) is 36.4 Å². The number of carbonyl (C=O) groups excluding carboxylic acids is 1. The van der Waals surface area contributed by atoms with Crippen LogP contribution in [0.4, 0.5) is 10.1 Å². The summed E-state index contributed by atoms with van der Waals surface area (Å²) in [6.07, 6.45) is 1.71. The number of anilines is 1. The lowest BCUT2D eigenvalue weighted by atomic mass is 10.00. The zero-order chi connectivity index (χ0) is 21.8. The minimum atomic E-state index is -0.313. The zero-order valence-electron chi connectivity index (χ0n) is 17.6. The van der Waals surface area contributed by atoms with E-state index in [1.165, 1.54) is 23.3 Å². The first-order valence-corrected chi connectivity index (χ1v) is 11.0. The number of carbonyl (C=O) groups is 1. The van der Waals surface area contributed by atoms with Gasteiger partial charge in [-0.25, -0.2) is 4.39 Å². The number of piperidine rings is 1. The van der Waals surface area contributed by atoms with E-state index in [1.807, 2.05) is 4.90 Å². The van der Waals surface area contributed by atoms with Gasteiger partial charge >= 0.3 is 0 Å². The van der Waals surface area contributed by atoms with Gasteiger partial charge in [-0.3, -0.25) is 9.69 Å². The first-order chi connectivity index (χ1) is 15.0. The number of hydrogen-bond donors (Lipinski definition) is 0. The summed E-state index contributed by atoms with van der Waals surface area (Å²) in [6.45, 7) is 4.82. The summed E-state index contributed by atoms with van der Waals surface area (Å²) in [4.78, 5) is 17.7. The zero-order valence-corrected chi connectivity index (χ0v) is 18.4. The van der Waals surface area contributed by atoms with Crippen molar-refractivity contribution >= 4 is 23.2 Å². The van der Waals surface area contributed by atoms with Crippen molar-refractivity contribution in [1.82, 2.24) is 4.90 Å². The van der Waals surface area contributed by atoms with Crippen molar-refractivity contribution in [3.8, 4) is 0 Å². The van der Waals surface area contributed by atoms with Gasteiger partial charge in [0.05, 0.1) is 0 Å². The molecule has 0 N–H and O–H groups in total. The Bertz CT molecular complexity index is 1050. The second kappa shape index (κ2) is 9.63. The number of likely N-dealkylation sites (tertiary alicyclic amines) is 1. The Morgan fingerprint density at radius 1 is 1.03 bits per heavy atom. The summed E-state index contributed by atoms with van der Waals surface area (Å²) in [5.41, 5.74) is 3.83. The van der Waals surface area contributed by atoms with Crippen molar-refractivity contribution in [2.75, 3.05) is 18.0 Å². The maximum atomic E-state index is 13.5. The van der Waals surface area contributed by atoms with Crippen LogP contribution in [0.1, 0.15) is 34.3 Å². The number of amides is 1. The van der Waals surface area contributed by atoms with Crippen molar-refractivity contribution in [3.63, 3.8) is 0 Å². The highest BCUT2D eigenvalue weighted by Crippen LogP contribution is 2.27. The normalized spacial score (nSPS) is 15.1. The summed E-state index contributed by atoms with van der Waals surface area (Å²) in [7, 11) is 0. The Balaban J connectivity index is 1.52. The van der Waals surface area contributed by atoms with Crippen LogP contribution in [0, 0.1) is 12.7 Å². The second-order valence-corrected chi connectivity index (χ2v) is 8.59. The Morgan fingerprint density at radius 2 is 1.74 bits per heavy atom. The molecule has 3 nitrogen and oxygen atoms in total. The quantitative estimate of drug-likeness (QED) is 0.482. The molecule has 1 heterocycles. The van der Waals surface area contributed by atoms with Crippen molar-refractivity contribution < 1.29 is 9.18 Å². The molecule has 5 heteroatoms. The van der Waals surface area contributed by atoms with Crippen LogP contribution in [-0.4, -0.2) is 29.9 Å². The van der Waals surface area contributed by atoms with E-state index in [-0.39, 0.29) is 17.8 Å². The van der Waals surface area contributed by atoms with E-state index in [4.69, 9.17) is 11.6 Å². The highest BCUT2D eigenvalue weighted by Gasteiger charge is 2.30. The fourth-order valence-corrected chi connectivity index (χ4v) is 4.45. The topological polar surface area (TPSA) is 23.6 Å². The lowest BCUT2D eigenvalue weighted by molar-refractivity contribution is 0.0958. The maximum Gasteiger partial charge on any atom is 0.258 e. The van der Waals surface area contributed by atoms with Crippen LogP contribution in [0.5, 0.6) is 0 Å². The van der Waals surface area contributed by atoms with Gasteiger partial charge in [-0.2, -0.15) is 0 Å². The smallest absolute Gasteiger partial charge is 0.258 e. The van der Waals surface area contributed by atoms with Gasteiger partial charge in [0, 0.05) is 41.9 Å². The molecule has 0 radical (unpaired) electrons. The first-order valence-electron chi connectivity index (χ1n) is 10.6. The molecule has 4 rings (SSSR count). The largest absolute Gasteiger partial charge is 0.305 e. The highest BCUT2D eigenvalue weighted by molar-refractivity contribution is 6.31. The van der Waals surface area contributed by atoms with Gasteiger partial charge in [-0.05, 0) is 67.8 Å². The molecule has 1 fully saturated rings. The van der Waals surface area contributed by atoms with E-state index in [2.05, 4.69) is 36.1 Å². The molecular weight excluding hydrogens is 411 g/mol. The van der Waals surface area contributed by atoms with Gasteiger partial charge in [0.25, 0.3) is 5.91 Å². The Kier molecular flexibility index (Phi) is 6.69. The molecule has 1 aliphatic heterocycles. The summed E-state index contributed by atoms with van der Waals surface area (Å²) >= 11 is 6.13. The number of rotatable bonds is 5. The van der Waals surface area contributed by atoms with Gasteiger partial charge in [0.2, 0.25) is 0 Å². The number of hydrogen-bond acceptors (Lipinski definition) is 2. The number of nitrogens with zero attached hydrogens (tertiary/aromatic N) is 2. The first kappa shape index (κ1) is 21.5. The maximum absolute atomic E-state index is 13.5. The Morgan fingerprint density at radius 3 is 2.42 bits per heavy atom. The molecule has 3 aromatic rings. The van der Waals surface area contributed by atoms with Gasteiger partial charge in [0.15, 0.2) is 0 Å². The van der Waals surface area contributed by atoms with Crippen LogP contribution in [0.2, 0.25) is 5.02 Å². The molecule has 160 valence electrons. The van der Waals surface area contributed by atoms with E-state index in [0.29, 0.717) is 16.3 Å². The minimum absolute atomic E-state index is 0.0469. The number of aryl methyl sites for hydroxylation is 1. The van der Waals surface area contributed by atoms with Crippen LogP contribution in [0.15, 0.2) is 72.8 Å². The molecule has 0 aliphatic carbocycles. The molecular formula is C26H26ClFN2O. The molecule has 0 spiro atoms. The van der Waals surface area contributed by atoms with E-state index in [9.17, 15) is 9.18 Å². The predicted octanol–water partition coefficient (Wildman–Crippen LogP) is 6.10.